The van der Waals surface area contributed by atoms with Crippen LogP contribution in [0.4, 0.5) is 37.7 Å². The Morgan fingerprint density at radius 1 is 0.653 bits per heavy atom. The summed E-state index contributed by atoms with van der Waals surface area (Å²) in [5.74, 6) is -1.83. The maximum absolute atomic E-state index is 14.9. The molecule has 4 N–H and O–H groups in total. The zero-order valence-corrected chi connectivity index (χ0v) is 27.0. The van der Waals surface area contributed by atoms with Crippen molar-refractivity contribution in [2.75, 3.05) is 10.6 Å². The van der Waals surface area contributed by atoms with Crippen LogP contribution in [-0.4, -0.2) is 39.8 Å². The van der Waals surface area contributed by atoms with Gasteiger partial charge in [-0.3, -0.25) is 9.59 Å². The molecule has 13 heteroatoms. The van der Waals surface area contributed by atoms with Gasteiger partial charge in [0, 0.05) is 22.6 Å². The molecule has 260 valence electrons. The number of ketones is 1. The molecule has 4 aromatic rings. The number of Topliss-reactive ketones (excluding diaryl/α,β-unsaturated/α-hetero) is 1. The molecule has 0 bridgehead atoms. The number of amides is 1. The van der Waals surface area contributed by atoms with Crippen LogP contribution in [-0.2, 0) is 5.41 Å². The summed E-state index contributed by atoms with van der Waals surface area (Å²) >= 11 is 0. The normalized spacial score (nSPS) is 12.5. The highest BCUT2D eigenvalue weighted by atomic mass is 19.4. The van der Waals surface area contributed by atoms with E-state index in [1.165, 1.54) is 24.3 Å². The number of phenolic OH excluding ortho intramolecular Hbond substituents is 2. The van der Waals surface area contributed by atoms with Crippen LogP contribution in [0.1, 0.15) is 66.5 Å². The van der Waals surface area contributed by atoms with Gasteiger partial charge in [0.05, 0.1) is 11.4 Å². The van der Waals surface area contributed by atoms with Crippen molar-refractivity contribution in [2.45, 2.75) is 57.9 Å². The van der Waals surface area contributed by atoms with E-state index in [1.807, 2.05) is 0 Å². The minimum absolute atomic E-state index is 0.0381. The van der Waals surface area contributed by atoms with E-state index in [0.717, 1.165) is 6.07 Å². The second-order valence-electron chi connectivity index (χ2n) is 12.7. The summed E-state index contributed by atoms with van der Waals surface area (Å²) in [6.45, 7) is 8.36. The number of alkyl halides is 6. The molecular formula is C36H34F6N2O5. The summed E-state index contributed by atoms with van der Waals surface area (Å²) in [5, 5.41) is 25.5. The molecule has 0 aliphatic rings. The van der Waals surface area contributed by atoms with Crippen LogP contribution < -0.4 is 15.4 Å². The number of nitrogens with one attached hydrogen (secondary N) is 2. The number of anilines is 2. The van der Waals surface area contributed by atoms with Crippen molar-refractivity contribution in [2.24, 2.45) is 5.92 Å². The highest BCUT2D eigenvalue weighted by molar-refractivity contribution is 6.05. The molecule has 0 saturated heterocycles. The van der Waals surface area contributed by atoms with Crippen molar-refractivity contribution in [3.8, 4) is 23.0 Å². The zero-order valence-electron chi connectivity index (χ0n) is 27.0. The van der Waals surface area contributed by atoms with Gasteiger partial charge in [-0.2, -0.15) is 26.3 Å². The molecule has 0 saturated carbocycles. The minimum Gasteiger partial charge on any atom is -0.506 e. The van der Waals surface area contributed by atoms with E-state index in [9.17, 15) is 46.1 Å². The number of carbonyl (C=O) groups excluding carboxylic acids is 2. The number of carbonyl (C=O) groups is 2. The molecule has 0 aromatic heterocycles. The van der Waals surface area contributed by atoms with Crippen molar-refractivity contribution >= 4 is 23.1 Å². The van der Waals surface area contributed by atoms with Gasteiger partial charge in [-0.05, 0) is 105 Å². The Morgan fingerprint density at radius 2 is 1.08 bits per heavy atom. The third kappa shape index (κ3) is 7.76. The Labute approximate surface area is 278 Å². The molecule has 49 heavy (non-hydrogen) atoms. The average Bonchev–Trinajstić information content (AvgIpc) is 2.98. The van der Waals surface area contributed by atoms with Gasteiger partial charge in [-0.25, -0.2) is 0 Å². The number of benzene rings is 4. The lowest BCUT2D eigenvalue weighted by Crippen LogP contribution is -2.54. The van der Waals surface area contributed by atoms with Gasteiger partial charge in [0.1, 0.15) is 23.0 Å². The lowest BCUT2D eigenvalue weighted by atomic mass is 9.72. The Hall–Kier alpha value is -5.20. The molecule has 1 amide bonds. The molecule has 0 aliphatic carbocycles. The van der Waals surface area contributed by atoms with E-state index in [1.54, 1.807) is 58.9 Å². The summed E-state index contributed by atoms with van der Waals surface area (Å²) < 4.78 is 95.0. The van der Waals surface area contributed by atoms with Gasteiger partial charge in [-0.15, -0.1) is 0 Å². The van der Waals surface area contributed by atoms with Crippen molar-refractivity contribution in [3.63, 3.8) is 0 Å². The fourth-order valence-corrected chi connectivity index (χ4v) is 5.15. The molecule has 0 aliphatic heterocycles. The number of hydrogen-bond donors (Lipinski definition) is 4. The average molecular weight is 689 g/mol. The van der Waals surface area contributed by atoms with E-state index in [2.05, 4.69) is 10.6 Å². The van der Waals surface area contributed by atoms with Gasteiger partial charge in [0.15, 0.2) is 5.78 Å². The number of phenols is 2. The topological polar surface area (TPSA) is 108 Å². The molecule has 7 nitrogen and oxygen atoms in total. The SMILES string of the molecule is CC(C)C(=O)c1ccc(Oc2ccc(C(=O)Nc3cc(C(c4ccc(O)c(NC(C)(C)C)c4)(C(F)(F)F)C(F)(F)F)ccc3O)cc2)cc1. The van der Waals surface area contributed by atoms with Crippen LogP contribution in [0, 0.1) is 5.92 Å². The lowest BCUT2D eigenvalue weighted by Gasteiger charge is -2.39. The summed E-state index contributed by atoms with van der Waals surface area (Å²) in [7, 11) is 0. The van der Waals surface area contributed by atoms with E-state index in [0.29, 0.717) is 47.4 Å². The van der Waals surface area contributed by atoms with Gasteiger partial charge >= 0.3 is 12.4 Å². The first-order chi connectivity index (χ1) is 22.6. The molecule has 0 spiro atoms. The first-order valence-corrected chi connectivity index (χ1v) is 15.0. The Bertz CT molecular complexity index is 1810. The molecular weight excluding hydrogens is 654 g/mol. The molecule has 0 atom stereocenters. The quantitative estimate of drug-likeness (QED) is 0.0793. The molecule has 0 unspecified atom stereocenters. The fraction of sp³-hybridized carbons (Fsp3) is 0.278. The predicted octanol–water partition coefficient (Wildman–Crippen LogP) is 9.60. The summed E-state index contributed by atoms with van der Waals surface area (Å²) in [6, 6.07) is 15.2. The monoisotopic (exact) mass is 688 g/mol. The van der Waals surface area contributed by atoms with Crippen LogP contribution in [0.15, 0.2) is 84.9 Å². The van der Waals surface area contributed by atoms with E-state index in [4.69, 9.17) is 4.74 Å². The molecule has 0 heterocycles. The second kappa shape index (κ2) is 13.4. The molecule has 4 aromatic carbocycles. The third-order valence-electron chi connectivity index (χ3n) is 7.48. The van der Waals surface area contributed by atoms with Crippen molar-refractivity contribution < 1.29 is 50.9 Å². The zero-order chi connectivity index (χ0) is 36.5. The number of rotatable bonds is 9. The Morgan fingerprint density at radius 3 is 1.51 bits per heavy atom. The van der Waals surface area contributed by atoms with Crippen molar-refractivity contribution in [1.82, 2.24) is 0 Å². The van der Waals surface area contributed by atoms with E-state index < -0.39 is 57.5 Å². The van der Waals surface area contributed by atoms with E-state index in [-0.39, 0.29) is 23.0 Å². The summed E-state index contributed by atoms with van der Waals surface area (Å²) in [6.07, 6.45) is -11.9. The molecule has 0 fully saturated rings. The number of aromatic hydroxyl groups is 2. The Balaban J connectivity index is 1.66. The summed E-state index contributed by atoms with van der Waals surface area (Å²) in [5.41, 5.74) is -8.66. The van der Waals surface area contributed by atoms with Crippen molar-refractivity contribution in [3.05, 3.63) is 107 Å². The number of hydrogen-bond acceptors (Lipinski definition) is 6. The molecule has 4 rings (SSSR count). The predicted molar refractivity (Wildman–Crippen MR) is 173 cm³/mol. The van der Waals surface area contributed by atoms with Gasteiger partial charge in [0.25, 0.3) is 5.91 Å². The summed E-state index contributed by atoms with van der Waals surface area (Å²) in [4.78, 5) is 25.2. The van der Waals surface area contributed by atoms with Crippen LogP contribution >= 0.6 is 0 Å². The highest BCUT2D eigenvalue weighted by Crippen LogP contribution is 2.57. The number of ether oxygens (including phenoxy) is 1. The second-order valence-corrected chi connectivity index (χ2v) is 12.7. The first-order valence-electron chi connectivity index (χ1n) is 15.0. The number of halogens is 6. The lowest BCUT2D eigenvalue weighted by molar-refractivity contribution is -0.288. The maximum Gasteiger partial charge on any atom is 0.411 e. The van der Waals surface area contributed by atoms with E-state index >= 15 is 0 Å². The largest absolute Gasteiger partial charge is 0.506 e. The first kappa shape index (κ1) is 36.6. The van der Waals surface area contributed by atoms with Crippen molar-refractivity contribution in [1.29, 1.82) is 0 Å². The van der Waals surface area contributed by atoms with Crippen LogP contribution in [0.5, 0.6) is 23.0 Å². The van der Waals surface area contributed by atoms with Gasteiger partial charge in [-0.1, -0.05) is 26.0 Å². The van der Waals surface area contributed by atoms with Crippen LogP contribution in [0.3, 0.4) is 0 Å². The standard InChI is InChI=1S/C36H34F6N2O5/c1-20(2)31(47)21-6-12-25(13-7-21)49-26-14-8-22(9-15-26)32(48)43-27-18-23(10-16-29(27)45)34(35(37,38)39,36(40,41)42)24-11-17-30(46)28(19-24)44-33(3,4)5/h6-20,44-46H,1-5H3,(H,43,48). The third-order valence-corrected chi connectivity index (χ3v) is 7.48. The van der Waals surface area contributed by atoms with Crippen LogP contribution in [0.25, 0.3) is 0 Å². The smallest absolute Gasteiger partial charge is 0.411 e. The maximum atomic E-state index is 14.9. The minimum atomic E-state index is -5.97. The van der Waals surface area contributed by atoms with Gasteiger partial charge < -0.3 is 25.6 Å². The Kier molecular flexibility index (Phi) is 9.99. The fourth-order valence-electron chi connectivity index (χ4n) is 5.15. The highest BCUT2D eigenvalue weighted by Gasteiger charge is 2.72. The van der Waals surface area contributed by atoms with Gasteiger partial charge in [0.2, 0.25) is 5.41 Å². The molecule has 0 radical (unpaired) electrons. The van der Waals surface area contributed by atoms with Crippen LogP contribution in [0.2, 0.25) is 0 Å².